The zero-order valence-electron chi connectivity index (χ0n) is 8.01. The van der Waals surface area contributed by atoms with Crippen molar-refractivity contribution >= 4 is 12.4 Å². The lowest BCUT2D eigenvalue weighted by molar-refractivity contribution is -0.147. The summed E-state index contributed by atoms with van der Waals surface area (Å²) in [6.45, 7) is 2.70. The van der Waals surface area contributed by atoms with E-state index < -0.39 is 12.0 Å². The number of fused-ring (bicyclic) bond motifs is 1. The van der Waals surface area contributed by atoms with Gasteiger partial charge in [-0.3, -0.25) is 0 Å². The molecule has 0 aromatic carbocycles. The molecule has 2 rings (SSSR count). The van der Waals surface area contributed by atoms with Crippen LogP contribution in [0.5, 0.6) is 0 Å². The second-order valence-corrected chi connectivity index (χ2v) is 3.33. The number of nitrogens with zero attached hydrogens (tertiary/aromatic N) is 2. The van der Waals surface area contributed by atoms with Crippen molar-refractivity contribution in [2.75, 3.05) is 6.54 Å². The smallest absolute Gasteiger partial charge is 0.322 e. The molecule has 2 heterocycles. The normalized spacial score (nSPS) is 20.7. The Kier molecular flexibility index (Phi) is 3.30. The number of rotatable bonds is 0. The van der Waals surface area contributed by atoms with E-state index in [1.165, 1.54) is 10.8 Å². The average Bonchev–Trinajstić information content (AvgIpc) is 2.47. The molecule has 15 heavy (non-hydrogen) atoms. The molecule has 0 spiro atoms. The molecule has 1 aliphatic rings. The first-order chi connectivity index (χ1) is 6.50. The van der Waals surface area contributed by atoms with Gasteiger partial charge in [0.05, 0.1) is 11.9 Å². The number of halogens is 4. The minimum absolute atomic E-state index is 0. The molecule has 86 valence electrons. The topological polar surface area (TPSA) is 29.9 Å². The minimum Gasteiger partial charge on any atom is -0.322 e. The van der Waals surface area contributed by atoms with Crippen molar-refractivity contribution in [3.8, 4) is 0 Å². The van der Waals surface area contributed by atoms with Gasteiger partial charge in [0, 0.05) is 19.1 Å². The van der Waals surface area contributed by atoms with Crippen LogP contribution in [0.15, 0.2) is 6.20 Å². The van der Waals surface area contributed by atoms with E-state index in [0.29, 0.717) is 18.8 Å². The number of hydrogen-bond donors (Lipinski definition) is 1. The first-order valence-corrected chi connectivity index (χ1v) is 4.36. The summed E-state index contributed by atoms with van der Waals surface area (Å²) >= 11 is 0. The third-order valence-electron chi connectivity index (χ3n) is 2.37. The third-order valence-corrected chi connectivity index (χ3v) is 2.37. The van der Waals surface area contributed by atoms with Gasteiger partial charge in [0.2, 0.25) is 5.82 Å². The van der Waals surface area contributed by atoms with Crippen LogP contribution in [0.25, 0.3) is 0 Å². The Bertz CT molecular complexity index is 347. The zero-order valence-corrected chi connectivity index (χ0v) is 8.82. The molecule has 1 aliphatic heterocycles. The predicted octanol–water partition coefficient (Wildman–Crippen LogP) is 1.99. The van der Waals surface area contributed by atoms with Crippen molar-refractivity contribution in [1.82, 2.24) is 14.9 Å². The summed E-state index contributed by atoms with van der Waals surface area (Å²) in [4.78, 5) is 3.42. The Balaban J connectivity index is 0.00000112. The third kappa shape index (κ3) is 2.10. The molecule has 1 aromatic rings. The molecule has 0 saturated heterocycles. The highest BCUT2D eigenvalue weighted by atomic mass is 35.5. The highest BCUT2D eigenvalue weighted by Crippen LogP contribution is 2.31. The van der Waals surface area contributed by atoms with Gasteiger partial charge >= 0.3 is 6.18 Å². The van der Waals surface area contributed by atoms with E-state index in [1.807, 2.05) is 6.92 Å². The van der Waals surface area contributed by atoms with Crippen molar-refractivity contribution in [1.29, 1.82) is 0 Å². The molecule has 0 amide bonds. The lowest BCUT2D eigenvalue weighted by Gasteiger charge is -2.24. The van der Waals surface area contributed by atoms with Crippen LogP contribution in [0.2, 0.25) is 0 Å². The van der Waals surface area contributed by atoms with Gasteiger partial charge < -0.3 is 9.88 Å². The summed E-state index contributed by atoms with van der Waals surface area (Å²) in [6.07, 6.45) is -3.06. The van der Waals surface area contributed by atoms with Gasteiger partial charge in [0.1, 0.15) is 0 Å². The van der Waals surface area contributed by atoms with E-state index >= 15 is 0 Å². The Morgan fingerprint density at radius 3 is 2.80 bits per heavy atom. The van der Waals surface area contributed by atoms with Gasteiger partial charge in [0.25, 0.3) is 0 Å². The summed E-state index contributed by atoms with van der Waals surface area (Å²) < 4.78 is 38.5. The minimum atomic E-state index is -4.35. The van der Waals surface area contributed by atoms with Gasteiger partial charge in [-0.2, -0.15) is 13.2 Å². The van der Waals surface area contributed by atoms with Crippen LogP contribution in [0.1, 0.15) is 24.5 Å². The van der Waals surface area contributed by atoms with Gasteiger partial charge in [-0.05, 0) is 6.92 Å². The van der Waals surface area contributed by atoms with Gasteiger partial charge in [0.15, 0.2) is 0 Å². The van der Waals surface area contributed by atoms with Crippen LogP contribution >= 0.6 is 12.4 Å². The second kappa shape index (κ2) is 4.02. The van der Waals surface area contributed by atoms with Crippen LogP contribution in [-0.2, 0) is 12.7 Å². The molecular formula is C8H11ClF3N3. The first kappa shape index (κ1) is 12.3. The molecule has 1 aromatic heterocycles. The van der Waals surface area contributed by atoms with E-state index in [1.54, 1.807) is 0 Å². The predicted molar refractivity (Wildman–Crippen MR) is 50.9 cm³/mol. The lowest BCUT2D eigenvalue weighted by atomic mass is 10.2. The van der Waals surface area contributed by atoms with E-state index in [-0.39, 0.29) is 18.4 Å². The van der Waals surface area contributed by atoms with Crippen LogP contribution in [0.4, 0.5) is 13.2 Å². The van der Waals surface area contributed by atoms with Crippen molar-refractivity contribution in [2.45, 2.75) is 25.7 Å². The standard InChI is InChI=1S/C8H10F3N3.ClH/c1-5-6-4-13-7(8(9,10)11)14(6)3-2-12-5;/h4-5,12H,2-3H2,1H3;1H. The summed E-state index contributed by atoms with van der Waals surface area (Å²) in [5, 5.41) is 3.07. The summed E-state index contributed by atoms with van der Waals surface area (Å²) in [5.41, 5.74) is 0.601. The SMILES string of the molecule is CC1NCCn2c1cnc2C(F)(F)F.Cl. The van der Waals surface area contributed by atoms with Gasteiger partial charge in [-0.1, -0.05) is 0 Å². The van der Waals surface area contributed by atoms with Crippen molar-refractivity contribution in [3.05, 3.63) is 17.7 Å². The summed E-state index contributed by atoms with van der Waals surface area (Å²) in [6, 6.07) is -0.0626. The maximum atomic E-state index is 12.4. The van der Waals surface area contributed by atoms with E-state index in [0.717, 1.165) is 0 Å². The summed E-state index contributed by atoms with van der Waals surface area (Å²) in [5.74, 6) is -0.791. The number of imidazole rings is 1. The molecule has 1 atom stereocenters. The molecule has 3 nitrogen and oxygen atoms in total. The number of hydrogen-bond acceptors (Lipinski definition) is 2. The molecule has 0 saturated carbocycles. The molecule has 0 fully saturated rings. The largest absolute Gasteiger partial charge is 0.449 e. The van der Waals surface area contributed by atoms with Gasteiger partial charge in [-0.15, -0.1) is 12.4 Å². The van der Waals surface area contributed by atoms with E-state index in [4.69, 9.17) is 0 Å². The van der Waals surface area contributed by atoms with Crippen molar-refractivity contribution in [3.63, 3.8) is 0 Å². The van der Waals surface area contributed by atoms with E-state index in [2.05, 4.69) is 10.3 Å². The molecule has 7 heteroatoms. The first-order valence-electron chi connectivity index (χ1n) is 4.36. The number of nitrogens with one attached hydrogen (secondary N) is 1. The Morgan fingerprint density at radius 1 is 1.53 bits per heavy atom. The van der Waals surface area contributed by atoms with Crippen LogP contribution in [0.3, 0.4) is 0 Å². The van der Waals surface area contributed by atoms with Crippen LogP contribution in [-0.4, -0.2) is 16.1 Å². The monoisotopic (exact) mass is 241 g/mol. The Labute approximate surface area is 91.1 Å². The number of aromatic nitrogens is 2. The molecule has 0 aliphatic carbocycles. The second-order valence-electron chi connectivity index (χ2n) is 3.33. The molecular weight excluding hydrogens is 231 g/mol. The fraction of sp³-hybridized carbons (Fsp3) is 0.625. The average molecular weight is 242 g/mol. The van der Waals surface area contributed by atoms with Gasteiger partial charge in [-0.25, -0.2) is 4.98 Å². The molecule has 0 radical (unpaired) electrons. The maximum absolute atomic E-state index is 12.4. The maximum Gasteiger partial charge on any atom is 0.449 e. The highest BCUT2D eigenvalue weighted by molar-refractivity contribution is 5.85. The van der Waals surface area contributed by atoms with Crippen molar-refractivity contribution in [2.24, 2.45) is 0 Å². The quantitative estimate of drug-likeness (QED) is 0.753. The summed E-state index contributed by atoms with van der Waals surface area (Å²) in [7, 11) is 0. The Hall–Kier alpha value is -0.750. The van der Waals surface area contributed by atoms with Crippen molar-refractivity contribution < 1.29 is 13.2 Å². The number of alkyl halides is 3. The highest BCUT2D eigenvalue weighted by Gasteiger charge is 2.38. The van der Waals surface area contributed by atoms with Crippen LogP contribution < -0.4 is 5.32 Å². The fourth-order valence-electron chi connectivity index (χ4n) is 1.69. The Morgan fingerprint density at radius 2 is 2.20 bits per heavy atom. The van der Waals surface area contributed by atoms with E-state index in [9.17, 15) is 13.2 Å². The zero-order chi connectivity index (χ0) is 10.3. The molecule has 1 N–H and O–H groups in total. The molecule has 1 unspecified atom stereocenters. The molecule has 0 bridgehead atoms. The van der Waals surface area contributed by atoms with Crippen LogP contribution in [0, 0.1) is 0 Å². The lowest BCUT2D eigenvalue weighted by Crippen LogP contribution is -2.33. The fourth-order valence-corrected chi connectivity index (χ4v) is 1.69.